The van der Waals surface area contributed by atoms with E-state index in [4.69, 9.17) is 0 Å². The molecule has 0 saturated carbocycles. The Labute approximate surface area is 90.7 Å². The van der Waals surface area contributed by atoms with Crippen molar-refractivity contribution in [2.75, 3.05) is 13.1 Å². The van der Waals surface area contributed by atoms with Gasteiger partial charge in [0, 0.05) is 24.6 Å². The molecular formula is C13H17NO. The van der Waals surface area contributed by atoms with Crippen molar-refractivity contribution in [3.05, 3.63) is 35.4 Å². The minimum absolute atomic E-state index is 0.210. The van der Waals surface area contributed by atoms with Crippen molar-refractivity contribution in [2.45, 2.75) is 19.8 Å². The van der Waals surface area contributed by atoms with Gasteiger partial charge in [-0.3, -0.25) is 4.79 Å². The van der Waals surface area contributed by atoms with Crippen molar-refractivity contribution in [1.29, 1.82) is 0 Å². The standard InChI is InChI=1S/C13H17NO/c1-2-4-10-5-3-6-11(7-10)13(15)12-8-14-9-12/h3,5-7,12,14H,2,4,8-9H2,1H3. The number of Topliss-reactive ketones (excluding diaryl/α,β-unsaturated/α-hetero) is 1. The highest BCUT2D eigenvalue weighted by molar-refractivity contribution is 5.98. The molecule has 2 rings (SSSR count). The first kappa shape index (κ1) is 10.4. The Hall–Kier alpha value is -1.15. The molecule has 0 aliphatic carbocycles. The second-order valence-corrected chi connectivity index (χ2v) is 4.17. The Morgan fingerprint density at radius 3 is 2.87 bits per heavy atom. The van der Waals surface area contributed by atoms with E-state index in [1.54, 1.807) is 0 Å². The molecule has 1 aliphatic rings. The Morgan fingerprint density at radius 1 is 1.47 bits per heavy atom. The van der Waals surface area contributed by atoms with Crippen LogP contribution in [0.1, 0.15) is 29.3 Å². The van der Waals surface area contributed by atoms with Crippen molar-refractivity contribution < 1.29 is 4.79 Å². The van der Waals surface area contributed by atoms with Gasteiger partial charge in [0.15, 0.2) is 5.78 Å². The summed E-state index contributed by atoms with van der Waals surface area (Å²) in [6.07, 6.45) is 2.19. The van der Waals surface area contributed by atoms with Gasteiger partial charge in [0.1, 0.15) is 0 Å². The van der Waals surface area contributed by atoms with E-state index in [0.29, 0.717) is 5.78 Å². The number of rotatable bonds is 4. The fourth-order valence-electron chi connectivity index (χ4n) is 1.88. The average Bonchev–Trinajstić information content (AvgIpc) is 2.16. The molecule has 1 heterocycles. The lowest BCUT2D eigenvalue weighted by molar-refractivity contribution is 0.0878. The Bertz CT molecular complexity index is 355. The third kappa shape index (κ3) is 2.26. The van der Waals surface area contributed by atoms with Crippen LogP contribution in [0.25, 0.3) is 0 Å². The maximum Gasteiger partial charge on any atom is 0.168 e. The van der Waals surface area contributed by atoms with Crippen LogP contribution in [0.5, 0.6) is 0 Å². The van der Waals surface area contributed by atoms with Gasteiger partial charge in [0.2, 0.25) is 0 Å². The zero-order valence-corrected chi connectivity index (χ0v) is 9.12. The number of nitrogens with one attached hydrogen (secondary N) is 1. The fourth-order valence-corrected chi connectivity index (χ4v) is 1.88. The molecule has 15 heavy (non-hydrogen) atoms. The molecule has 1 aliphatic heterocycles. The van der Waals surface area contributed by atoms with Crippen molar-refractivity contribution >= 4 is 5.78 Å². The van der Waals surface area contributed by atoms with Crippen molar-refractivity contribution in [3.63, 3.8) is 0 Å². The van der Waals surface area contributed by atoms with Gasteiger partial charge < -0.3 is 5.32 Å². The highest BCUT2D eigenvalue weighted by atomic mass is 16.1. The second kappa shape index (κ2) is 4.58. The van der Waals surface area contributed by atoms with Crippen LogP contribution in [0.15, 0.2) is 24.3 Å². The summed E-state index contributed by atoms with van der Waals surface area (Å²) >= 11 is 0. The van der Waals surface area contributed by atoms with E-state index >= 15 is 0 Å². The van der Waals surface area contributed by atoms with Crippen LogP contribution in [0, 0.1) is 5.92 Å². The minimum atomic E-state index is 0.210. The van der Waals surface area contributed by atoms with Gasteiger partial charge >= 0.3 is 0 Å². The number of carbonyl (C=O) groups is 1. The third-order valence-electron chi connectivity index (χ3n) is 2.90. The maximum absolute atomic E-state index is 11.9. The molecule has 1 aromatic carbocycles. The summed E-state index contributed by atoms with van der Waals surface area (Å²) in [5.74, 6) is 0.508. The van der Waals surface area contributed by atoms with E-state index in [2.05, 4.69) is 18.3 Å². The predicted octanol–water partition coefficient (Wildman–Crippen LogP) is 2.04. The highest BCUT2D eigenvalue weighted by Crippen LogP contribution is 2.15. The summed E-state index contributed by atoms with van der Waals surface area (Å²) in [7, 11) is 0. The highest BCUT2D eigenvalue weighted by Gasteiger charge is 2.25. The van der Waals surface area contributed by atoms with Crippen LogP contribution in [0.2, 0.25) is 0 Å². The number of hydrogen-bond donors (Lipinski definition) is 1. The van der Waals surface area contributed by atoms with Gasteiger partial charge in [-0.05, 0) is 18.1 Å². The lowest BCUT2D eigenvalue weighted by atomic mass is 9.91. The maximum atomic E-state index is 11.9. The number of hydrogen-bond acceptors (Lipinski definition) is 2. The zero-order valence-electron chi connectivity index (χ0n) is 9.12. The number of benzene rings is 1. The molecule has 2 heteroatoms. The zero-order chi connectivity index (χ0) is 10.7. The molecular weight excluding hydrogens is 186 g/mol. The molecule has 0 aromatic heterocycles. The molecule has 0 amide bonds. The van der Waals surface area contributed by atoms with Crippen molar-refractivity contribution in [3.8, 4) is 0 Å². The third-order valence-corrected chi connectivity index (χ3v) is 2.90. The van der Waals surface area contributed by atoms with Crippen LogP contribution in [0.4, 0.5) is 0 Å². The molecule has 1 saturated heterocycles. The molecule has 80 valence electrons. The van der Waals surface area contributed by atoms with E-state index in [1.165, 1.54) is 5.56 Å². The topological polar surface area (TPSA) is 29.1 Å². The van der Waals surface area contributed by atoms with Crippen molar-refractivity contribution in [1.82, 2.24) is 5.32 Å². The van der Waals surface area contributed by atoms with E-state index in [1.807, 2.05) is 18.2 Å². The molecule has 2 nitrogen and oxygen atoms in total. The quantitative estimate of drug-likeness (QED) is 0.759. The average molecular weight is 203 g/mol. The number of aryl methyl sites for hydroxylation is 1. The Balaban J connectivity index is 2.12. The molecule has 0 bridgehead atoms. The molecule has 0 unspecified atom stereocenters. The Kier molecular flexibility index (Phi) is 3.17. The summed E-state index contributed by atoms with van der Waals surface area (Å²) in [4.78, 5) is 11.9. The smallest absolute Gasteiger partial charge is 0.168 e. The molecule has 0 atom stereocenters. The normalized spacial score (nSPS) is 16.1. The van der Waals surface area contributed by atoms with E-state index in [9.17, 15) is 4.79 Å². The van der Waals surface area contributed by atoms with Crippen molar-refractivity contribution in [2.24, 2.45) is 5.92 Å². The van der Waals surface area contributed by atoms with Gasteiger partial charge in [-0.15, -0.1) is 0 Å². The summed E-state index contributed by atoms with van der Waals surface area (Å²) in [6.45, 7) is 3.85. The monoisotopic (exact) mass is 203 g/mol. The second-order valence-electron chi connectivity index (χ2n) is 4.17. The first-order valence-electron chi connectivity index (χ1n) is 5.65. The van der Waals surface area contributed by atoms with Crippen LogP contribution in [-0.2, 0) is 6.42 Å². The first-order chi connectivity index (χ1) is 7.31. The van der Waals surface area contributed by atoms with E-state index < -0.39 is 0 Å². The molecule has 1 fully saturated rings. The van der Waals surface area contributed by atoms with Crippen LogP contribution in [0.3, 0.4) is 0 Å². The molecule has 0 spiro atoms. The molecule has 1 N–H and O–H groups in total. The Morgan fingerprint density at radius 2 is 2.27 bits per heavy atom. The SMILES string of the molecule is CCCc1cccc(C(=O)C2CNC2)c1. The van der Waals surface area contributed by atoms with Gasteiger partial charge in [-0.2, -0.15) is 0 Å². The molecule has 1 aromatic rings. The van der Waals surface area contributed by atoms with Gasteiger partial charge in [-0.1, -0.05) is 31.5 Å². The van der Waals surface area contributed by atoms with Gasteiger partial charge in [0.05, 0.1) is 0 Å². The molecule has 0 radical (unpaired) electrons. The van der Waals surface area contributed by atoms with E-state index in [0.717, 1.165) is 31.5 Å². The van der Waals surface area contributed by atoms with E-state index in [-0.39, 0.29) is 5.92 Å². The largest absolute Gasteiger partial charge is 0.315 e. The van der Waals surface area contributed by atoms with Gasteiger partial charge in [0.25, 0.3) is 0 Å². The van der Waals surface area contributed by atoms with Crippen LogP contribution >= 0.6 is 0 Å². The summed E-state index contributed by atoms with van der Waals surface area (Å²) in [5, 5.41) is 3.13. The van der Waals surface area contributed by atoms with Crippen LogP contribution in [-0.4, -0.2) is 18.9 Å². The van der Waals surface area contributed by atoms with Gasteiger partial charge in [-0.25, -0.2) is 0 Å². The number of carbonyl (C=O) groups excluding carboxylic acids is 1. The summed E-state index contributed by atoms with van der Waals surface area (Å²) in [6, 6.07) is 8.06. The summed E-state index contributed by atoms with van der Waals surface area (Å²) < 4.78 is 0. The lowest BCUT2D eigenvalue weighted by Gasteiger charge is -2.25. The lowest BCUT2D eigenvalue weighted by Crippen LogP contribution is -2.46. The fraction of sp³-hybridized carbons (Fsp3) is 0.462. The predicted molar refractivity (Wildman–Crippen MR) is 61.1 cm³/mol. The number of ketones is 1. The minimum Gasteiger partial charge on any atom is -0.315 e. The first-order valence-corrected chi connectivity index (χ1v) is 5.65. The van der Waals surface area contributed by atoms with Crippen LogP contribution < -0.4 is 5.32 Å². The summed E-state index contributed by atoms with van der Waals surface area (Å²) in [5.41, 5.74) is 2.16.